The van der Waals surface area contributed by atoms with Crippen molar-refractivity contribution in [3.05, 3.63) is 58.9 Å². The zero-order valence-electron chi connectivity index (χ0n) is 13.0. The molecule has 0 aliphatic carbocycles. The molecule has 0 radical (unpaired) electrons. The Bertz CT molecular complexity index is 718. The van der Waals surface area contributed by atoms with Crippen LogP contribution in [0.4, 0.5) is 10.1 Å². The lowest BCUT2D eigenvalue weighted by Crippen LogP contribution is -2.28. The molecule has 3 nitrogen and oxygen atoms in total. The Kier molecular flexibility index (Phi) is 3.71. The first kappa shape index (κ1) is 15.1. The van der Waals surface area contributed by atoms with Gasteiger partial charge in [-0.1, -0.05) is 18.2 Å². The lowest BCUT2D eigenvalue weighted by atomic mass is 9.78. The van der Waals surface area contributed by atoms with Gasteiger partial charge in [0.05, 0.1) is 5.60 Å². The van der Waals surface area contributed by atoms with Gasteiger partial charge in [-0.15, -0.1) is 0 Å². The summed E-state index contributed by atoms with van der Waals surface area (Å²) in [7, 11) is -0.914. The number of aryl methyl sites for hydroxylation is 1. The second kappa shape index (κ2) is 5.41. The van der Waals surface area contributed by atoms with Crippen LogP contribution >= 0.6 is 0 Å². The summed E-state index contributed by atoms with van der Waals surface area (Å²) in [6.45, 7) is 6.11. The van der Waals surface area contributed by atoms with Gasteiger partial charge in [-0.25, -0.2) is 4.39 Å². The number of hydrogen-bond acceptors (Lipinski definition) is 3. The highest BCUT2D eigenvalue weighted by Gasteiger charge is 2.40. The van der Waals surface area contributed by atoms with Crippen LogP contribution in [0.2, 0.25) is 0 Å². The van der Waals surface area contributed by atoms with Crippen molar-refractivity contribution >= 4 is 18.3 Å². The Hall–Kier alpha value is -1.85. The van der Waals surface area contributed by atoms with Crippen molar-refractivity contribution in [3.63, 3.8) is 0 Å². The zero-order valence-corrected chi connectivity index (χ0v) is 13.0. The Morgan fingerprint density at radius 2 is 2.00 bits per heavy atom. The maximum atomic E-state index is 13.8. The molecule has 2 aromatic rings. The summed E-state index contributed by atoms with van der Waals surface area (Å²) in [5, 5.41) is 13.2. The van der Waals surface area contributed by atoms with Crippen molar-refractivity contribution in [2.45, 2.75) is 32.9 Å². The summed E-state index contributed by atoms with van der Waals surface area (Å²) in [5.74, 6) is -0.210. The molecule has 22 heavy (non-hydrogen) atoms. The van der Waals surface area contributed by atoms with Gasteiger partial charge in [0.15, 0.2) is 0 Å². The molecular weight excluding hydrogens is 280 g/mol. The van der Waals surface area contributed by atoms with Crippen molar-refractivity contribution in [2.75, 3.05) is 5.32 Å². The van der Waals surface area contributed by atoms with E-state index in [1.54, 1.807) is 6.07 Å². The van der Waals surface area contributed by atoms with Crippen molar-refractivity contribution < 1.29 is 14.1 Å². The fourth-order valence-electron chi connectivity index (χ4n) is 2.82. The first-order valence-electron chi connectivity index (χ1n) is 7.36. The third-order valence-electron chi connectivity index (χ3n) is 4.06. The molecule has 0 bridgehead atoms. The highest BCUT2D eigenvalue weighted by Crippen LogP contribution is 2.30. The number of hydrogen-bond donors (Lipinski definition) is 2. The molecule has 1 heterocycles. The monoisotopic (exact) mass is 299 g/mol. The fraction of sp³-hybridized carbons (Fsp3) is 0.294. The second-order valence-electron chi connectivity index (χ2n) is 6.23. The smallest absolute Gasteiger partial charge is 0.423 e. The molecule has 2 N–H and O–H groups in total. The molecule has 0 fully saturated rings. The van der Waals surface area contributed by atoms with Crippen molar-refractivity contribution in [3.8, 4) is 0 Å². The van der Waals surface area contributed by atoms with Gasteiger partial charge >= 0.3 is 7.12 Å². The van der Waals surface area contributed by atoms with E-state index in [1.807, 2.05) is 45.0 Å². The highest BCUT2D eigenvalue weighted by atomic mass is 19.1. The maximum Gasteiger partial charge on any atom is 0.492 e. The van der Waals surface area contributed by atoms with Crippen molar-refractivity contribution in [1.29, 1.82) is 0 Å². The summed E-state index contributed by atoms with van der Waals surface area (Å²) in [6, 6.07) is 10.9. The normalized spacial score (nSPS) is 15.8. The molecular formula is C17H19BFNO2. The average Bonchev–Trinajstić information content (AvgIpc) is 2.67. The molecule has 2 aromatic carbocycles. The van der Waals surface area contributed by atoms with Gasteiger partial charge in [0, 0.05) is 17.8 Å². The first-order chi connectivity index (χ1) is 10.4. The van der Waals surface area contributed by atoms with Crippen LogP contribution in [0.3, 0.4) is 0 Å². The number of rotatable bonds is 3. The van der Waals surface area contributed by atoms with E-state index in [4.69, 9.17) is 4.65 Å². The van der Waals surface area contributed by atoms with E-state index in [1.165, 1.54) is 6.07 Å². The summed E-state index contributed by atoms with van der Waals surface area (Å²) in [5.41, 5.74) is 3.60. The number of anilines is 1. The maximum absolute atomic E-state index is 13.8. The first-order valence-corrected chi connectivity index (χ1v) is 7.36. The van der Waals surface area contributed by atoms with Gasteiger partial charge in [0.2, 0.25) is 0 Å². The second-order valence-corrected chi connectivity index (χ2v) is 6.23. The van der Waals surface area contributed by atoms with Crippen LogP contribution < -0.4 is 10.8 Å². The quantitative estimate of drug-likeness (QED) is 0.856. The summed E-state index contributed by atoms with van der Waals surface area (Å²) < 4.78 is 19.4. The molecule has 114 valence electrons. The molecule has 0 unspecified atom stereocenters. The topological polar surface area (TPSA) is 41.5 Å². The van der Waals surface area contributed by atoms with E-state index in [0.29, 0.717) is 12.1 Å². The Morgan fingerprint density at radius 3 is 2.73 bits per heavy atom. The molecule has 3 rings (SSSR count). The van der Waals surface area contributed by atoms with Crippen molar-refractivity contribution in [2.24, 2.45) is 0 Å². The minimum atomic E-state index is -0.914. The highest BCUT2D eigenvalue weighted by molar-refractivity contribution is 6.62. The molecule has 0 aromatic heterocycles. The minimum absolute atomic E-state index is 0.210. The number of benzene rings is 2. The average molecular weight is 299 g/mol. The van der Waals surface area contributed by atoms with Gasteiger partial charge < -0.3 is 15.0 Å². The van der Waals surface area contributed by atoms with Crippen molar-refractivity contribution in [1.82, 2.24) is 0 Å². The molecule has 5 heteroatoms. The van der Waals surface area contributed by atoms with Gasteiger partial charge in [-0.2, -0.15) is 0 Å². The van der Waals surface area contributed by atoms with E-state index in [-0.39, 0.29) is 5.82 Å². The largest absolute Gasteiger partial charge is 0.492 e. The minimum Gasteiger partial charge on any atom is -0.423 e. The van der Waals surface area contributed by atoms with E-state index in [9.17, 15) is 9.41 Å². The van der Waals surface area contributed by atoms with E-state index in [0.717, 1.165) is 22.3 Å². The van der Waals surface area contributed by atoms with Crippen LogP contribution in [0.25, 0.3) is 0 Å². The van der Waals surface area contributed by atoms with Gasteiger partial charge in [-0.3, -0.25) is 0 Å². The standard InChI is InChI=1S/C17H19BFNO2/c1-11-4-5-12(16(19)8-11)10-20-13-6-7-14-15(9-13)18(21)22-17(14,2)3/h4-9,20-21H,10H2,1-3H3. The van der Waals surface area contributed by atoms with Gasteiger partial charge in [0.25, 0.3) is 0 Å². The van der Waals surface area contributed by atoms with Gasteiger partial charge in [-0.05, 0) is 55.6 Å². The fourth-order valence-corrected chi connectivity index (χ4v) is 2.82. The molecule has 0 saturated heterocycles. The van der Waals surface area contributed by atoms with Crippen LogP contribution in [0.5, 0.6) is 0 Å². The molecule has 0 amide bonds. The molecule has 0 saturated carbocycles. The van der Waals surface area contributed by atoms with Crippen LogP contribution in [0.15, 0.2) is 36.4 Å². The summed E-state index contributed by atoms with van der Waals surface area (Å²) >= 11 is 0. The van der Waals surface area contributed by atoms with E-state index in [2.05, 4.69) is 5.32 Å². The summed E-state index contributed by atoms with van der Waals surface area (Å²) in [6.07, 6.45) is 0. The number of halogens is 1. The van der Waals surface area contributed by atoms with E-state index >= 15 is 0 Å². The molecule has 1 aliphatic heterocycles. The van der Waals surface area contributed by atoms with Crippen LogP contribution in [-0.4, -0.2) is 12.1 Å². The Balaban J connectivity index is 1.79. The predicted molar refractivity (Wildman–Crippen MR) is 86.6 cm³/mol. The Morgan fingerprint density at radius 1 is 1.23 bits per heavy atom. The van der Waals surface area contributed by atoms with Crippen LogP contribution in [0.1, 0.15) is 30.5 Å². The summed E-state index contributed by atoms with van der Waals surface area (Å²) in [4.78, 5) is 0. The van der Waals surface area contributed by atoms with Crippen LogP contribution in [-0.2, 0) is 16.8 Å². The molecule has 0 atom stereocenters. The Labute approximate surface area is 130 Å². The third-order valence-corrected chi connectivity index (χ3v) is 4.06. The molecule has 1 aliphatic rings. The zero-order chi connectivity index (χ0) is 15.9. The third kappa shape index (κ3) is 2.74. The van der Waals surface area contributed by atoms with Gasteiger partial charge in [0.1, 0.15) is 5.82 Å². The van der Waals surface area contributed by atoms with Crippen LogP contribution in [0, 0.1) is 12.7 Å². The van der Waals surface area contributed by atoms with E-state index < -0.39 is 12.7 Å². The molecule has 0 spiro atoms. The predicted octanol–water partition coefficient (Wildman–Crippen LogP) is 2.70. The lowest BCUT2D eigenvalue weighted by Gasteiger charge is -2.19. The number of fused-ring (bicyclic) bond motifs is 1. The number of nitrogens with one attached hydrogen (secondary N) is 1. The lowest BCUT2D eigenvalue weighted by molar-refractivity contribution is 0.101. The SMILES string of the molecule is Cc1ccc(CNc2ccc3c(c2)B(O)OC3(C)C)c(F)c1.